The Labute approximate surface area is 110 Å². The van der Waals surface area contributed by atoms with Crippen molar-refractivity contribution in [3.05, 3.63) is 52.2 Å². The largest absolute Gasteiger partial charge is 0.399 e. The normalized spacial score (nSPS) is 12.4. The van der Waals surface area contributed by atoms with Gasteiger partial charge < -0.3 is 16.6 Å². The predicted molar refractivity (Wildman–Crippen MR) is 73.3 cm³/mol. The molecule has 4 nitrogen and oxygen atoms in total. The van der Waals surface area contributed by atoms with Gasteiger partial charge in [-0.25, -0.2) is 4.98 Å². The van der Waals surface area contributed by atoms with Gasteiger partial charge in [-0.1, -0.05) is 17.7 Å². The standard InChI is InChI=1S/C13H14ClN3O/c1-7-4-5-17-13(16)11(7)12(18)9-3-2-8(15)6-10(9)14/h2-6,12,18H,15H2,1H3,(H2,16,17). The number of hydrogen-bond acceptors (Lipinski definition) is 4. The second-order valence-electron chi connectivity index (χ2n) is 4.11. The van der Waals surface area contributed by atoms with Gasteiger partial charge in [0.25, 0.3) is 0 Å². The van der Waals surface area contributed by atoms with Crippen molar-refractivity contribution in [1.82, 2.24) is 4.98 Å². The van der Waals surface area contributed by atoms with Crippen LogP contribution in [0.25, 0.3) is 0 Å². The Morgan fingerprint density at radius 2 is 2.00 bits per heavy atom. The number of aromatic nitrogens is 1. The van der Waals surface area contributed by atoms with E-state index in [4.69, 9.17) is 23.1 Å². The summed E-state index contributed by atoms with van der Waals surface area (Å²) >= 11 is 6.08. The number of nitrogens with two attached hydrogens (primary N) is 2. The number of aliphatic hydroxyl groups is 1. The summed E-state index contributed by atoms with van der Waals surface area (Å²) in [7, 11) is 0. The zero-order chi connectivity index (χ0) is 13.3. The molecule has 0 fully saturated rings. The number of aryl methyl sites for hydroxylation is 1. The lowest BCUT2D eigenvalue weighted by atomic mass is 9.98. The highest BCUT2D eigenvalue weighted by molar-refractivity contribution is 6.31. The molecule has 94 valence electrons. The smallest absolute Gasteiger partial charge is 0.129 e. The molecule has 0 bridgehead atoms. The number of anilines is 2. The van der Waals surface area contributed by atoms with E-state index in [-0.39, 0.29) is 0 Å². The molecule has 2 rings (SSSR count). The van der Waals surface area contributed by atoms with Crippen molar-refractivity contribution >= 4 is 23.1 Å². The fourth-order valence-electron chi connectivity index (χ4n) is 1.87. The Balaban J connectivity index is 2.51. The molecule has 0 aliphatic heterocycles. The summed E-state index contributed by atoms with van der Waals surface area (Å²) < 4.78 is 0. The topological polar surface area (TPSA) is 85.2 Å². The van der Waals surface area contributed by atoms with Crippen LogP contribution in [-0.4, -0.2) is 10.1 Å². The highest BCUT2D eigenvalue weighted by atomic mass is 35.5. The Hall–Kier alpha value is -1.78. The molecule has 2 aromatic rings. The first-order chi connectivity index (χ1) is 8.50. The van der Waals surface area contributed by atoms with Crippen molar-refractivity contribution in [1.29, 1.82) is 0 Å². The van der Waals surface area contributed by atoms with E-state index in [1.165, 1.54) is 0 Å². The van der Waals surface area contributed by atoms with Crippen LogP contribution in [0.15, 0.2) is 30.5 Å². The average molecular weight is 264 g/mol. The molecule has 0 radical (unpaired) electrons. The molecule has 1 heterocycles. The highest BCUT2D eigenvalue weighted by Crippen LogP contribution is 2.33. The molecule has 0 saturated carbocycles. The van der Waals surface area contributed by atoms with Gasteiger partial charge in [-0.3, -0.25) is 0 Å². The maximum Gasteiger partial charge on any atom is 0.129 e. The van der Waals surface area contributed by atoms with Crippen molar-refractivity contribution in [2.45, 2.75) is 13.0 Å². The van der Waals surface area contributed by atoms with Gasteiger partial charge in [-0.2, -0.15) is 0 Å². The van der Waals surface area contributed by atoms with E-state index in [2.05, 4.69) is 4.98 Å². The van der Waals surface area contributed by atoms with Gasteiger partial charge >= 0.3 is 0 Å². The van der Waals surface area contributed by atoms with Crippen LogP contribution < -0.4 is 11.5 Å². The number of nitrogen functional groups attached to an aromatic ring is 2. The van der Waals surface area contributed by atoms with Gasteiger partial charge in [0.2, 0.25) is 0 Å². The van der Waals surface area contributed by atoms with Crippen molar-refractivity contribution in [3.63, 3.8) is 0 Å². The van der Waals surface area contributed by atoms with Gasteiger partial charge in [0.05, 0.1) is 0 Å². The van der Waals surface area contributed by atoms with Crippen LogP contribution in [0.2, 0.25) is 5.02 Å². The van der Waals surface area contributed by atoms with Gasteiger partial charge in [0.15, 0.2) is 0 Å². The second-order valence-corrected chi connectivity index (χ2v) is 4.52. The zero-order valence-electron chi connectivity index (χ0n) is 9.89. The monoisotopic (exact) mass is 263 g/mol. The quantitative estimate of drug-likeness (QED) is 0.726. The number of halogens is 1. The summed E-state index contributed by atoms with van der Waals surface area (Å²) in [6, 6.07) is 6.77. The van der Waals surface area contributed by atoms with Crippen molar-refractivity contribution in [3.8, 4) is 0 Å². The van der Waals surface area contributed by atoms with Crippen LogP contribution in [0.3, 0.4) is 0 Å². The third-order valence-electron chi connectivity index (χ3n) is 2.83. The number of nitrogens with zero attached hydrogens (tertiary/aromatic N) is 1. The van der Waals surface area contributed by atoms with Gasteiger partial charge in [-0.05, 0) is 30.7 Å². The molecule has 0 aliphatic rings. The van der Waals surface area contributed by atoms with E-state index in [1.54, 1.807) is 30.5 Å². The molecule has 1 atom stereocenters. The SMILES string of the molecule is Cc1ccnc(N)c1C(O)c1ccc(N)cc1Cl. The van der Waals surface area contributed by atoms with E-state index in [0.717, 1.165) is 5.56 Å². The van der Waals surface area contributed by atoms with Gasteiger partial charge in [0, 0.05) is 28.0 Å². The van der Waals surface area contributed by atoms with Crippen molar-refractivity contribution in [2.24, 2.45) is 0 Å². The third kappa shape index (κ3) is 2.25. The minimum Gasteiger partial charge on any atom is -0.399 e. The van der Waals surface area contributed by atoms with E-state index in [0.29, 0.717) is 27.7 Å². The number of pyridine rings is 1. The number of hydrogen-bond donors (Lipinski definition) is 3. The maximum absolute atomic E-state index is 10.4. The minimum absolute atomic E-state index is 0.301. The molecule has 18 heavy (non-hydrogen) atoms. The number of benzene rings is 1. The van der Waals surface area contributed by atoms with Crippen molar-refractivity contribution in [2.75, 3.05) is 11.5 Å². The van der Waals surface area contributed by atoms with E-state index in [9.17, 15) is 5.11 Å². The lowest BCUT2D eigenvalue weighted by molar-refractivity contribution is 0.220. The molecule has 0 aliphatic carbocycles. The van der Waals surface area contributed by atoms with E-state index >= 15 is 0 Å². The van der Waals surface area contributed by atoms with Gasteiger partial charge in [-0.15, -0.1) is 0 Å². The minimum atomic E-state index is -0.910. The van der Waals surface area contributed by atoms with Crippen LogP contribution >= 0.6 is 11.6 Å². The summed E-state index contributed by atoms with van der Waals surface area (Å²) in [5.74, 6) is 0.301. The summed E-state index contributed by atoms with van der Waals surface area (Å²) in [5.41, 5.74) is 14.0. The maximum atomic E-state index is 10.4. The molecule has 5 heteroatoms. The summed E-state index contributed by atoms with van der Waals surface area (Å²) in [5, 5.41) is 10.8. The second kappa shape index (κ2) is 4.84. The predicted octanol–water partition coefficient (Wildman–Crippen LogP) is 2.29. The molecule has 1 unspecified atom stereocenters. The molecule has 0 amide bonds. The fourth-order valence-corrected chi connectivity index (χ4v) is 2.16. The third-order valence-corrected chi connectivity index (χ3v) is 3.16. The first-order valence-electron chi connectivity index (χ1n) is 5.44. The fraction of sp³-hybridized carbons (Fsp3) is 0.154. The zero-order valence-corrected chi connectivity index (χ0v) is 10.6. The Morgan fingerprint density at radius 3 is 2.61 bits per heavy atom. The summed E-state index contributed by atoms with van der Waals surface area (Å²) in [6.45, 7) is 1.86. The molecule has 5 N–H and O–H groups in total. The molecular formula is C13H14ClN3O. The van der Waals surface area contributed by atoms with E-state index in [1.807, 2.05) is 6.92 Å². The molecule has 1 aromatic heterocycles. The lowest BCUT2D eigenvalue weighted by Gasteiger charge is -2.17. The van der Waals surface area contributed by atoms with Crippen LogP contribution in [0.5, 0.6) is 0 Å². The highest BCUT2D eigenvalue weighted by Gasteiger charge is 2.19. The van der Waals surface area contributed by atoms with Crippen LogP contribution in [0.1, 0.15) is 22.8 Å². The Kier molecular flexibility index (Phi) is 3.41. The lowest BCUT2D eigenvalue weighted by Crippen LogP contribution is -2.08. The number of aliphatic hydroxyl groups excluding tert-OH is 1. The van der Waals surface area contributed by atoms with E-state index < -0.39 is 6.10 Å². The summed E-state index contributed by atoms with van der Waals surface area (Å²) in [6.07, 6.45) is 0.692. The summed E-state index contributed by atoms with van der Waals surface area (Å²) in [4.78, 5) is 3.98. The van der Waals surface area contributed by atoms with Crippen LogP contribution in [-0.2, 0) is 0 Å². The van der Waals surface area contributed by atoms with Gasteiger partial charge in [0.1, 0.15) is 11.9 Å². The first kappa shape index (κ1) is 12.7. The first-order valence-corrected chi connectivity index (χ1v) is 5.82. The molecule has 1 aromatic carbocycles. The Bertz CT molecular complexity index is 566. The number of rotatable bonds is 2. The molecule has 0 spiro atoms. The molecule has 0 saturated heterocycles. The van der Waals surface area contributed by atoms with Crippen molar-refractivity contribution < 1.29 is 5.11 Å². The average Bonchev–Trinajstić information content (AvgIpc) is 2.28. The van der Waals surface area contributed by atoms with Crippen LogP contribution in [0.4, 0.5) is 11.5 Å². The van der Waals surface area contributed by atoms with Crippen LogP contribution in [0, 0.1) is 6.92 Å². The molecular weight excluding hydrogens is 250 g/mol. The Morgan fingerprint density at radius 1 is 1.28 bits per heavy atom.